The number of aliphatic carboxylic acids is 1. The molecule has 0 aromatic carbocycles. The Bertz CT molecular complexity index is 335. The average molecular weight is 240 g/mol. The molecule has 1 aliphatic rings. The predicted octanol–water partition coefficient (Wildman–Crippen LogP) is 2.53. The molecule has 0 radical (unpaired) electrons. The molecule has 0 amide bonds. The van der Waals surface area contributed by atoms with Crippen LogP contribution in [-0.2, 0) is 14.3 Å². The van der Waals surface area contributed by atoms with Crippen LogP contribution < -0.4 is 0 Å². The summed E-state index contributed by atoms with van der Waals surface area (Å²) in [6.45, 7) is 5.32. The lowest BCUT2D eigenvalue weighted by Crippen LogP contribution is -2.42. The van der Waals surface area contributed by atoms with Gasteiger partial charge in [0.15, 0.2) is 5.41 Å². The second kappa shape index (κ2) is 4.90. The molecule has 1 rings (SSSR count). The molecule has 0 heterocycles. The van der Waals surface area contributed by atoms with Crippen molar-refractivity contribution >= 4 is 11.9 Å². The van der Waals surface area contributed by atoms with E-state index in [1.54, 1.807) is 26.0 Å². The van der Waals surface area contributed by atoms with E-state index in [1.165, 1.54) is 0 Å². The molecule has 0 aromatic rings. The summed E-state index contributed by atoms with van der Waals surface area (Å²) in [7, 11) is 0. The van der Waals surface area contributed by atoms with Gasteiger partial charge in [0.1, 0.15) is 5.60 Å². The molecule has 0 saturated heterocycles. The number of allylic oxidation sites excluding steroid dienone is 1. The second-order valence-electron chi connectivity index (χ2n) is 5.09. The molecule has 0 unspecified atom stereocenters. The maximum atomic E-state index is 12.1. The van der Waals surface area contributed by atoms with Crippen molar-refractivity contribution in [1.29, 1.82) is 0 Å². The van der Waals surface area contributed by atoms with Crippen LogP contribution >= 0.6 is 0 Å². The van der Waals surface area contributed by atoms with Gasteiger partial charge in [0.05, 0.1) is 0 Å². The fourth-order valence-electron chi connectivity index (χ4n) is 2.26. The fraction of sp³-hybridized carbons (Fsp3) is 0.692. The standard InChI is InChI=1S/C13H20O4/c1-4-7-12(2,3)17-11(16)13(10(14)15)8-5-6-9-13/h4,7H,5-6,8-9H2,1-3H3,(H,14,15)/b7-4+. The number of carboxylic acid groups (broad SMARTS) is 1. The molecule has 1 saturated carbocycles. The fourth-order valence-corrected chi connectivity index (χ4v) is 2.26. The first-order chi connectivity index (χ1) is 7.84. The minimum absolute atomic E-state index is 0.382. The van der Waals surface area contributed by atoms with Crippen LogP contribution in [0.5, 0.6) is 0 Å². The SMILES string of the molecule is C/C=C/C(C)(C)OC(=O)C1(C(=O)O)CCCC1. The molecule has 1 N–H and O–H groups in total. The van der Waals surface area contributed by atoms with Crippen molar-refractivity contribution < 1.29 is 19.4 Å². The van der Waals surface area contributed by atoms with Crippen molar-refractivity contribution in [1.82, 2.24) is 0 Å². The van der Waals surface area contributed by atoms with Gasteiger partial charge in [-0.05, 0) is 39.7 Å². The Morgan fingerprint density at radius 3 is 2.24 bits per heavy atom. The first-order valence-corrected chi connectivity index (χ1v) is 5.95. The molecule has 1 aliphatic carbocycles. The van der Waals surface area contributed by atoms with E-state index in [9.17, 15) is 14.7 Å². The van der Waals surface area contributed by atoms with Gasteiger partial charge in [-0.1, -0.05) is 18.9 Å². The molecular weight excluding hydrogens is 220 g/mol. The summed E-state index contributed by atoms with van der Waals surface area (Å²) in [6, 6.07) is 0. The molecule has 0 aliphatic heterocycles. The zero-order valence-electron chi connectivity index (χ0n) is 10.7. The third-order valence-corrected chi connectivity index (χ3v) is 3.18. The number of hydrogen-bond acceptors (Lipinski definition) is 3. The summed E-state index contributed by atoms with van der Waals surface area (Å²) in [6.07, 6.45) is 5.84. The first kappa shape index (κ1) is 13.7. The maximum Gasteiger partial charge on any atom is 0.324 e. The van der Waals surface area contributed by atoms with Gasteiger partial charge in [-0.15, -0.1) is 0 Å². The van der Waals surface area contributed by atoms with Crippen LogP contribution in [0.25, 0.3) is 0 Å². The van der Waals surface area contributed by atoms with E-state index in [0.717, 1.165) is 12.8 Å². The summed E-state index contributed by atoms with van der Waals surface area (Å²) >= 11 is 0. The zero-order chi connectivity index (χ0) is 13.1. The highest BCUT2D eigenvalue weighted by Crippen LogP contribution is 2.40. The van der Waals surface area contributed by atoms with E-state index >= 15 is 0 Å². The molecule has 1 fully saturated rings. The van der Waals surface area contributed by atoms with Crippen molar-refractivity contribution in [2.24, 2.45) is 5.41 Å². The molecule has 0 aromatic heterocycles. The number of hydrogen-bond donors (Lipinski definition) is 1. The Balaban J connectivity index is 2.84. The lowest BCUT2D eigenvalue weighted by atomic mass is 9.86. The minimum Gasteiger partial charge on any atom is -0.480 e. The molecule has 0 spiro atoms. The van der Waals surface area contributed by atoms with E-state index in [0.29, 0.717) is 12.8 Å². The van der Waals surface area contributed by atoms with Crippen LogP contribution in [0, 0.1) is 5.41 Å². The number of esters is 1. The smallest absolute Gasteiger partial charge is 0.324 e. The molecule has 96 valence electrons. The van der Waals surface area contributed by atoms with Gasteiger partial charge in [-0.25, -0.2) is 0 Å². The predicted molar refractivity (Wildman–Crippen MR) is 63.5 cm³/mol. The number of ether oxygens (including phenoxy) is 1. The monoisotopic (exact) mass is 240 g/mol. The Labute approximate surface area is 102 Å². The quantitative estimate of drug-likeness (QED) is 0.466. The lowest BCUT2D eigenvalue weighted by Gasteiger charge is -2.28. The normalized spacial score (nSPS) is 19.5. The van der Waals surface area contributed by atoms with Crippen molar-refractivity contribution in [3.05, 3.63) is 12.2 Å². The number of carboxylic acids is 1. The molecule has 4 heteroatoms. The third-order valence-electron chi connectivity index (χ3n) is 3.18. The van der Waals surface area contributed by atoms with Crippen molar-refractivity contribution in [3.63, 3.8) is 0 Å². The highest BCUT2D eigenvalue weighted by Gasteiger charge is 2.50. The number of rotatable bonds is 4. The molecule has 4 nitrogen and oxygen atoms in total. The lowest BCUT2D eigenvalue weighted by molar-refractivity contribution is -0.174. The van der Waals surface area contributed by atoms with Gasteiger partial charge in [0.2, 0.25) is 0 Å². The summed E-state index contributed by atoms with van der Waals surface area (Å²) in [5.74, 6) is -1.66. The first-order valence-electron chi connectivity index (χ1n) is 5.95. The Kier molecular flexibility index (Phi) is 3.96. The van der Waals surface area contributed by atoms with Crippen LogP contribution in [0.4, 0.5) is 0 Å². The van der Waals surface area contributed by atoms with Gasteiger partial charge >= 0.3 is 11.9 Å². The van der Waals surface area contributed by atoms with E-state index in [4.69, 9.17) is 4.74 Å². The topological polar surface area (TPSA) is 63.6 Å². The van der Waals surface area contributed by atoms with Gasteiger partial charge in [0, 0.05) is 0 Å². The molecule has 17 heavy (non-hydrogen) atoms. The summed E-state index contributed by atoms with van der Waals surface area (Å²) in [4.78, 5) is 23.4. The van der Waals surface area contributed by atoms with Crippen molar-refractivity contribution in [2.75, 3.05) is 0 Å². The maximum absolute atomic E-state index is 12.1. The number of carbonyl (C=O) groups is 2. The van der Waals surface area contributed by atoms with Gasteiger partial charge < -0.3 is 9.84 Å². The van der Waals surface area contributed by atoms with Crippen LogP contribution in [-0.4, -0.2) is 22.6 Å². The Hall–Kier alpha value is -1.32. The summed E-state index contributed by atoms with van der Waals surface area (Å²) in [5, 5.41) is 9.24. The van der Waals surface area contributed by atoms with Crippen LogP contribution in [0.3, 0.4) is 0 Å². The molecule has 0 bridgehead atoms. The summed E-state index contributed by atoms with van der Waals surface area (Å²) in [5.41, 5.74) is -2.07. The second-order valence-corrected chi connectivity index (χ2v) is 5.09. The summed E-state index contributed by atoms with van der Waals surface area (Å²) < 4.78 is 5.32. The highest BCUT2D eigenvalue weighted by atomic mass is 16.6. The zero-order valence-corrected chi connectivity index (χ0v) is 10.7. The third kappa shape index (κ3) is 2.87. The largest absolute Gasteiger partial charge is 0.480 e. The van der Waals surface area contributed by atoms with E-state index in [2.05, 4.69) is 0 Å². The van der Waals surface area contributed by atoms with Gasteiger partial charge in [-0.3, -0.25) is 9.59 Å². The van der Waals surface area contributed by atoms with Crippen LogP contribution in [0.2, 0.25) is 0 Å². The van der Waals surface area contributed by atoms with Gasteiger partial charge in [-0.2, -0.15) is 0 Å². The molecular formula is C13H20O4. The average Bonchev–Trinajstić information content (AvgIpc) is 2.65. The van der Waals surface area contributed by atoms with E-state index in [1.807, 2.05) is 6.92 Å². The minimum atomic E-state index is -1.32. The molecule has 0 atom stereocenters. The van der Waals surface area contributed by atoms with Gasteiger partial charge in [0.25, 0.3) is 0 Å². The van der Waals surface area contributed by atoms with Crippen LogP contribution in [0.15, 0.2) is 12.2 Å². The van der Waals surface area contributed by atoms with E-state index in [-0.39, 0.29) is 0 Å². The van der Waals surface area contributed by atoms with E-state index < -0.39 is 23.0 Å². The highest BCUT2D eigenvalue weighted by molar-refractivity contribution is 5.99. The number of carbonyl (C=O) groups excluding carboxylic acids is 1. The Morgan fingerprint density at radius 2 is 1.82 bits per heavy atom. The van der Waals surface area contributed by atoms with Crippen molar-refractivity contribution in [3.8, 4) is 0 Å². The Morgan fingerprint density at radius 1 is 1.29 bits per heavy atom. The van der Waals surface area contributed by atoms with Crippen molar-refractivity contribution in [2.45, 2.75) is 52.1 Å². The van der Waals surface area contributed by atoms with Crippen LogP contribution in [0.1, 0.15) is 46.5 Å².